The minimum atomic E-state index is 0.246. The van der Waals surface area contributed by atoms with E-state index in [9.17, 15) is 0 Å². The summed E-state index contributed by atoms with van der Waals surface area (Å²) in [4.78, 5) is 0. The van der Waals surface area contributed by atoms with Crippen LogP contribution in [0.3, 0.4) is 0 Å². The monoisotopic (exact) mass is 209 g/mol. The number of nitrogens with one attached hydrogen (secondary N) is 1. The number of ether oxygens (including phenoxy) is 1. The fourth-order valence-electron chi connectivity index (χ4n) is 2.30. The molecule has 86 valence electrons. The number of terminal acetylenes is 1. The van der Waals surface area contributed by atoms with Gasteiger partial charge in [0.1, 0.15) is 0 Å². The molecule has 0 aromatic carbocycles. The molecule has 0 spiro atoms. The summed E-state index contributed by atoms with van der Waals surface area (Å²) >= 11 is 0. The molecule has 2 nitrogen and oxygen atoms in total. The van der Waals surface area contributed by atoms with E-state index in [-0.39, 0.29) is 6.04 Å². The summed E-state index contributed by atoms with van der Waals surface area (Å²) in [6.07, 6.45) is 12.9. The Kier molecular flexibility index (Phi) is 5.75. The molecule has 0 radical (unpaired) electrons. The normalized spacial score (nSPS) is 28.3. The maximum atomic E-state index is 5.50. The molecule has 1 saturated carbocycles. The van der Waals surface area contributed by atoms with Crippen molar-refractivity contribution in [2.24, 2.45) is 0 Å². The van der Waals surface area contributed by atoms with E-state index < -0.39 is 0 Å². The lowest BCUT2D eigenvalue weighted by Gasteiger charge is -2.30. The molecule has 1 rings (SSSR count). The lowest BCUT2D eigenvalue weighted by molar-refractivity contribution is 0.0578. The van der Waals surface area contributed by atoms with Crippen molar-refractivity contribution in [3.05, 3.63) is 0 Å². The predicted molar refractivity (Wildman–Crippen MR) is 63.7 cm³/mol. The van der Waals surface area contributed by atoms with Crippen molar-refractivity contribution in [3.63, 3.8) is 0 Å². The molecule has 15 heavy (non-hydrogen) atoms. The van der Waals surface area contributed by atoms with E-state index in [1.54, 1.807) is 7.11 Å². The van der Waals surface area contributed by atoms with Gasteiger partial charge in [-0.1, -0.05) is 19.3 Å². The molecular weight excluding hydrogens is 186 g/mol. The Morgan fingerprint density at radius 1 is 1.53 bits per heavy atom. The Morgan fingerprint density at radius 2 is 2.33 bits per heavy atom. The highest BCUT2D eigenvalue weighted by Gasteiger charge is 2.22. The molecule has 1 N–H and O–H groups in total. The topological polar surface area (TPSA) is 21.3 Å². The highest BCUT2D eigenvalue weighted by molar-refractivity contribution is 5.00. The fraction of sp³-hybridized carbons (Fsp3) is 0.846. The summed E-state index contributed by atoms with van der Waals surface area (Å²) in [7, 11) is 1.80. The Morgan fingerprint density at radius 3 is 2.93 bits per heavy atom. The van der Waals surface area contributed by atoms with E-state index in [1.807, 2.05) is 0 Å². The van der Waals surface area contributed by atoms with Crippen LogP contribution < -0.4 is 5.32 Å². The Balaban J connectivity index is 2.33. The molecule has 0 bridgehead atoms. The van der Waals surface area contributed by atoms with Gasteiger partial charge < -0.3 is 10.1 Å². The first-order valence-electron chi connectivity index (χ1n) is 6.05. The maximum absolute atomic E-state index is 5.50. The lowest BCUT2D eigenvalue weighted by atomic mass is 9.92. The summed E-state index contributed by atoms with van der Waals surface area (Å²) in [6, 6.07) is 0.798. The van der Waals surface area contributed by atoms with Gasteiger partial charge >= 0.3 is 0 Å². The van der Waals surface area contributed by atoms with Crippen molar-refractivity contribution in [2.45, 2.75) is 63.6 Å². The number of hydrogen-bond donors (Lipinski definition) is 1. The maximum Gasteiger partial charge on any atom is 0.0688 e. The van der Waals surface area contributed by atoms with Crippen LogP contribution in [-0.2, 0) is 4.74 Å². The molecule has 0 aromatic heterocycles. The van der Waals surface area contributed by atoms with Crippen molar-refractivity contribution in [1.82, 2.24) is 5.32 Å². The SMILES string of the molecule is C#CC(CCC)NC1CCCC(OC)C1. The van der Waals surface area contributed by atoms with Crippen molar-refractivity contribution in [1.29, 1.82) is 0 Å². The van der Waals surface area contributed by atoms with Gasteiger partial charge in [-0.2, -0.15) is 0 Å². The van der Waals surface area contributed by atoms with E-state index in [0.717, 1.165) is 19.3 Å². The van der Waals surface area contributed by atoms with Gasteiger partial charge in [-0.25, -0.2) is 0 Å². The molecule has 3 unspecified atom stereocenters. The highest BCUT2D eigenvalue weighted by Crippen LogP contribution is 2.21. The Hall–Kier alpha value is -0.520. The minimum absolute atomic E-state index is 0.246. The molecule has 0 amide bonds. The molecule has 0 heterocycles. The van der Waals surface area contributed by atoms with Crippen molar-refractivity contribution in [2.75, 3.05) is 7.11 Å². The van der Waals surface area contributed by atoms with Crippen LogP contribution in [0.15, 0.2) is 0 Å². The second kappa shape index (κ2) is 6.87. The van der Waals surface area contributed by atoms with Crippen molar-refractivity contribution < 1.29 is 4.74 Å². The second-order valence-corrected chi connectivity index (χ2v) is 4.40. The van der Waals surface area contributed by atoms with Crippen LogP contribution in [-0.4, -0.2) is 25.3 Å². The number of rotatable bonds is 5. The Labute approximate surface area is 93.8 Å². The zero-order valence-corrected chi connectivity index (χ0v) is 9.96. The van der Waals surface area contributed by atoms with Gasteiger partial charge in [0.25, 0.3) is 0 Å². The predicted octanol–water partition coefficient (Wildman–Crippen LogP) is 2.34. The molecule has 1 fully saturated rings. The first kappa shape index (κ1) is 12.5. The molecule has 0 saturated heterocycles. The summed E-state index contributed by atoms with van der Waals surface area (Å²) in [6.45, 7) is 2.17. The van der Waals surface area contributed by atoms with E-state index in [0.29, 0.717) is 12.1 Å². The van der Waals surface area contributed by atoms with E-state index in [1.165, 1.54) is 19.3 Å². The lowest BCUT2D eigenvalue weighted by Crippen LogP contribution is -2.42. The highest BCUT2D eigenvalue weighted by atomic mass is 16.5. The van der Waals surface area contributed by atoms with Gasteiger partial charge in [0.2, 0.25) is 0 Å². The summed E-state index contributed by atoms with van der Waals surface area (Å²) in [5.74, 6) is 2.83. The van der Waals surface area contributed by atoms with Gasteiger partial charge in [0, 0.05) is 13.2 Å². The molecule has 1 aliphatic rings. The average Bonchev–Trinajstić information content (AvgIpc) is 2.29. The van der Waals surface area contributed by atoms with Gasteiger partial charge in [0.15, 0.2) is 0 Å². The summed E-state index contributed by atoms with van der Waals surface area (Å²) in [5.41, 5.74) is 0. The smallest absolute Gasteiger partial charge is 0.0688 e. The van der Waals surface area contributed by atoms with Crippen LogP contribution in [0.5, 0.6) is 0 Å². The van der Waals surface area contributed by atoms with Gasteiger partial charge in [-0.15, -0.1) is 6.42 Å². The van der Waals surface area contributed by atoms with Gasteiger partial charge in [-0.05, 0) is 32.1 Å². The van der Waals surface area contributed by atoms with Crippen LogP contribution in [0, 0.1) is 12.3 Å². The van der Waals surface area contributed by atoms with Crippen LogP contribution in [0.1, 0.15) is 45.4 Å². The van der Waals surface area contributed by atoms with Crippen LogP contribution in [0.2, 0.25) is 0 Å². The molecule has 1 aliphatic carbocycles. The van der Waals surface area contributed by atoms with Gasteiger partial charge in [0.05, 0.1) is 12.1 Å². The molecule has 0 aromatic rings. The number of hydrogen-bond acceptors (Lipinski definition) is 2. The summed E-state index contributed by atoms with van der Waals surface area (Å²) in [5, 5.41) is 3.55. The molecule has 2 heteroatoms. The number of methoxy groups -OCH3 is 1. The molecular formula is C13H23NO. The zero-order valence-electron chi connectivity index (χ0n) is 9.96. The van der Waals surface area contributed by atoms with Crippen molar-refractivity contribution in [3.8, 4) is 12.3 Å². The molecule has 0 aliphatic heterocycles. The third kappa shape index (κ3) is 4.24. The van der Waals surface area contributed by atoms with Crippen LogP contribution in [0.4, 0.5) is 0 Å². The largest absolute Gasteiger partial charge is 0.381 e. The standard InChI is InChI=1S/C13H23NO/c1-4-7-11(5-2)14-12-8-6-9-13(10-12)15-3/h2,11-14H,4,6-10H2,1,3H3. The fourth-order valence-corrected chi connectivity index (χ4v) is 2.30. The first-order valence-corrected chi connectivity index (χ1v) is 6.05. The van der Waals surface area contributed by atoms with E-state index in [2.05, 4.69) is 18.2 Å². The first-order chi connectivity index (χ1) is 7.30. The average molecular weight is 209 g/mol. The third-order valence-corrected chi connectivity index (χ3v) is 3.17. The van der Waals surface area contributed by atoms with Gasteiger partial charge in [-0.3, -0.25) is 0 Å². The zero-order chi connectivity index (χ0) is 11.1. The Bertz CT molecular complexity index is 209. The third-order valence-electron chi connectivity index (χ3n) is 3.17. The molecule has 3 atom stereocenters. The van der Waals surface area contributed by atoms with Crippen LogP contribution in [0.25, 0.3) is 0 Å². The van der Waals surface area contributed by atoms with Crippen LogP contribution >= 0.6 is 0 Å². The van der Waals surface area contributed by atoms with E-state index >= 15 is 0 Å². The van der Waals surface area contributed by atoms with E-state index in [4.69, 9.17) is 11.2 Å². The second-order valence-electron chi connectivity index (χ2n) is 4.40. The van der Waals surface area contributed by atoms with Crippen molar-refractivity contribution >= 4 is 0 Å². The minimum Gasteiger partial charge on any atom is -0.381 e. The quantitative estimate of drug-likeness (QED) is 0.702. The summed E-state index contributed by atoms with van der Waals surface area (Å²) < 4.78 is 5.40.